The molecule has 2 rings (SSSR count). The van der Waals surface area contributed by atoms with E-state index in [1.165, 1.54) is 0 Å². The molecular weight excluding hydrogens is 248 g/mol. The van der Waals surface area contributed by atoms with Crippen molar-refractivity contribution in [1.82, 2.24) is 9.88 Å². The molecule has 3 heteroatoms. The molecule has 1 heterocycles. The molecule has 1 saturated carbocycles. The Hall–Kier alpha value is -1.22. The normalized spacial score (nSPS) is 23.6. The molecule has 20 heavy (non-hydrogen) atoms. The molecule has 1 aliphatic rings. The molecule has 3 nitrogen and oxygen atoms in total. The van der Waals surface area contributed by atoms with Crippen molar-refractivity contribution in [3.8, 4) is 0 Å². The zero-order valence-corrected chi connectivity index (χ0v) is 12.9. The Balaban J connectivity index is 1.89. The molecule has 0 amide bonds. The predicted molar refractivity (Wildman–Crippen MR) is 81.2 cm³/mol. The number of nitrogens with zero attached hydrogens (tertiary/aromatic N) is 2. The Labute approximate surface area is 122 Å². The molecular formula is C17H26N2O. The smallest absolute Gasteiger partial charge is 0.137 e. The maximum atomic E-state index is 12.1. The summed E-state index contributed by atoms with van der Waals surface area (Å²) < 4.78 is 0. The summed E-state index contributed by atoms with van der Waals surface area (Å²) in [6.07, 6.45) is 4.73. The lowest BCUT2D eigenvalue weighted by Crippen LogP contribution is -2.35. The lowest BCUT2D eigenvalue weighted by Gasteiger charge is -2.32. The van der Waals surface area contributed by atoms with Gasteiger partial charge in [0, 0.05) is 31.6 Å². The van der Waals surface area contributed by atoms with Crippen LogP contribution in [-0.4, -0.2) is 29.3 Å². The van der Waals surface area contributed by atoms with Gasteiger partial charge in [-0.25, -0.2) is 0 Å². The molecule has 0 radical (unpaired) electrons. The summed E-state index contributed by atoms with van der Waals surface area (Å²) in [5.74, 6) is 2.06. The van der Waals surface area contributed by atoms with Crippen LogP contribution in [0.1, 0.15) is 38.8 Å². The zero-order chi connectivity index (χ0) is 14.5. The van der Waals surface area contributed by atoms with Crippen LogP contribution in [0.4, 0.5) is 0 Å². The number of rotatable bonds is 5. The van der Waals surface area contributed by atoms with Crippen LogP contribution >= 0.6 is 0 Å². The van der Waals surface area contributed by atoms with Gasteiger partial charge in [-0.05, 0) is 43.9 Å². The first-order valence-corrected chi connectivity index (χ1v) is 7.67. The van der Waals surface area contributed by atoms with Gasteiger partial charge in [0.05, 0.1) is 5.69 Å². The standard InChI is InChI=1S/C17H26N2O/c1-13(2)14-7-8-17(20)15(10-14)11-19(3)12-16-6-4-5-9-18-16/h4-6,9,13-15H,7-8,10-12H2,1-3H3. The van der Waals surface area contributed by atoms with Gasteiger partial charge in [-0.3, -0.25) is 14.7 Å². The number of ketones is 1. The summed E-state index contributed by atoms with van der Waals surface area (Å²) in [6.45, 7) is 6.22. The number of aromatic nitrogens is 1. The van der Waals surface area contributed by atoms with E-state index in [4.69, 9.17) is 0 Å². The Morgan fingerprint density at radius 3 is 2.85 bits per heavy atom. The maximum Gasteiger partial charge on any atom is 0.137 e. The SMILES string of the molecule is CC(C)C1CCC(=O)C(CN(C)Cc2ccccn2)C1. The lowest BCUT2D eigenvalue weighted by molar-refractivity contribution is -0.126. The second-order valence-corrected chi connectivity index (χ2v) is 6.46. The summed E-state index contributed by atoms with van der Waals surface area (Å²) in [5, 5.41) is 0. The van der Waals surface area contributed by atoms with Crippen molar-refractivity contribution < 1.29 is 4.79 Å². The van der Waals surface area contributed by atoms with Crippen LogP contribution in [0.25, 0.3) is 0 Å². The van der Waals surface area contributed by atoms with E-state index in [0.29, 0.717) is 17.6 Å². The molecule has 2 unspecified atom stereocenters. The van der Waals surface area contributed by atoms with Crippen LogP contribution in [0, 0.1) is 17.8 Å². The van der Waals surface area contributed by atoms with Crippen LogP contribution in [0.5, 0.6) is 0 Å². The first-order valence-electron chi connectivity index (χ1n) is 7.67. The Bertz CT molecular complexity index is 430. The predicted octanol–water partition coefficient (Wildman–Crippen LogP) is 3.15. The number of hydrogen-bond acceptors (Lipinski definition) is 3. The van der Waals surface area contributed by atoms with Crippen LogP contribution in [-0.2, 0) is 11.3 Å². The van der Waals surface area contributed by atoms with Gasteiger partial charge < -0.3 is 0 Å². The van der Waals surface area contributed by atoms with E-state index in [2.05, 4.69) is 30.8 Å². The van der Waals surface area contributed by atoms with Crippen LogP contribution in [0.2, 0.25) is 0 Å². The molecule has 1 fully saturated rings. The van der Waals surface area contributed by atoms with E-state index in [9.17, 15) is 4.79 Å². The molecule has 1 aromatic heterocycles. The number of pyridine rings is 1. The minimum Gasteiger partial charge on any atom is -0.300 e. The summed E-state index contributed by atoms with van der Waals surface area (Å²) in [4.78, 5) is 18.7. The quantitative estimate of drug-likeness (QED) is 0.827. The molecule has 0 aromatic carbocycles. The summed E-state index contributed by atoms with van der Waals surface area (Å²) >= 11 is 0. The molecule has 0 bridgehead atoms. The van der Waals surface area contributed by atoms with E-state index >= 15 is 0 Å². The summed E-state index contributed by atoms with van der Waals surface area (Å²) in [7, 11) is 2.08. The van der Waals surface area contributed by atoms with E-state index < -0.39 is 0 Å². The van der Waals surface area contributed by atoms with Crippen molar-refractivity contribution in [2.75, 3.05) is 13.6 Å². The van der Waals surface area contributed by atoms with Gasteiger partial charge in [0.25, 0.3) is 0 Å². The molecule has 110 valence electrons. The van der Waals surface area contributed by atoms with Crippen LogP contribution < -0.4 is 0 Å². The topological polar surface area (TPSA) is 33.2 Å². The molecule has 0 spiro atoms. The first-order chi connectivity index (χ1) is 9.56. The number of carbonyl (C=O) groups is 1. The summed E-state index contributed by atoms with van der Waals surface area (Å²) in [6, 6.07) is 5.98. The molecule has 1 aliphatic carbocycles. The van der Waals surface area contributed by atoms with Crippen molar-refractivity contribution in [1.29, 1.82) is 0 Å². The van der Waals surface area contributed by atoms with Gasteiger partial charge in [0.15, 0.2) is 0 Å². The van der Waals surface area contributed by atoms with E-state index in [0.717, 1.165) is 38.0 Å². The maximum absolute atomic E-state index is 12.1. The van der Waals surface area contributed by atoms with Gasteiger partial charge in [-0.15, -0.1) is 0 Å². The fourth-order valence-electron chi connectivity index (χ4n) is 3.14. The van der Waals surface area contributed by atoms with E-state index in [1.54, 1.807) is 0 Å². The van der Waals surface area contributed by atoms with Gasteiger partial charge in [0.1, 0.15) is 5.78 Å². The molecule has 0 saturated heterocycles. The highest BCUT2D eigenvalue weighted by Crippen LogP contribution is 2.32. The highest BCUT2D eigenvalue weighted by atomic mass is 16.1. The van der Waals surface area contributed by atoms with Crippen molar-refractivity contribution in [3.63, 3.8) is 0 Å². The minimum atomic E-state index is 0.213. The summed E-state index contributed by atoms with van der Waals surface area (Å²) in [5.41, 5.74) is 1.07. The van der Waals surface area contributed by atoms with Gasteiger partial charge in [-0.1, -0.05) is 19.9 Å². The van der Waals surface area contributed by atoms with Crippen molar-refractivity contribution in [3.05, 3.63) is 30.1 Å². The van der Waals surface area contributed by atoms with Crippen LogP contribution in [0.3, 0.4) is 0 Å². The second kappa shape index (κ2) is 6.98. The van der Waals surface area contributed by atoms with Crippen LogP contribution in [0.15, 0.2) is 24.4 Å². The largest absolute Gasteiger partial charge is 0.300 e. The van der Waals surface area contributed by atoms with Gasteiger partial charge in [-0.2, -0.15) is 0 Å². The van der Waals surface area contributed by atoms with Crippen molar-refractivity contribution >= 4 is 5.78 Å². The van der Waals surface area contributed by atoms with Crippen molar-refractivity contribution in [2.45, 2.75) is 39.7 Å². The Morgan fingerprint density at radius 2 is 2.20 bits per heavy atom. The highest BCUT2D eigenvalue weighted by Gasteiger charge is 2.30. The molecule has 1 aromatic rings. The second-order valence-electron chi connectivity index (χ2n) is 6.46. The monoisotopic (exact) mass is 274 g/mol. The van der Waals surface area contributed by atoms with Gasteiger partial charge in [0.2, 0.25) is 0 Å². The van der Waals surface area contributed by atoms with Crippen molar-refractivity contribution in [2.24, 2.45) is 17.8 Å². The lowest BCUT2D eigenvalue weighted by atomic mass is 9.75. The Morgan fingerprint density at radius 1 is 1.40 bits per heavy atom. The van der Waals surface area contributed by atoms with E-state index in [1.807, 2.05) is 24.4 Å². The highest BCUT2D eigenvalue weighted by molar-refractivity contribution is 5.82. The third kappa shape index (κ3) is 4.14. The third-order valence-corrected chi connectivity index (χ3v) is 4.44. The molecule has 0 N–H and O–H groups in total. The minimum absolute atomic E-state index is 0.213. The first kappa shape index (κ1) is 15.2. The average Bonchev–Trinajstić information content (AvgIpc) is 2.42. The third-order valence-electron chi connectivity index (χ3n) is 4.44. The zero-order valence-electron chi connectivity index (χ0n) is 12.9. The van der Waals surface area contributed by atoms with Gasteiger partial charge >= 0.3 is 0 Å². The van der Waals surface area contributed by atoms with E-state index in [-0.39, 0.29) is 5.92 Å². The number of hydrogen-bond donors (Lipinski definition) is 0. The number of carbonyl (C=O) groups excluding carboxylic acids is 1. The average molecular weight is 274 g/mol. The fourth-order valence-corrected chi connectivity index (χ4v) is 3.14. The number of Topliss-reactive ketones (excluding diaryl/α,β-unsaturated/α-hetero) is 1. The fraction of sp³-hybridized carbons (Fsp3) is 0.647. The molecule has 2 atom stereocenters. The Kier molecular flexibility index (Phi) is 5.30. The molecule has 0 aliphatic heterocycles.